The van der Waals surface area contributed by atoms with E-state index in [4.69, 9.17) is 11.6 Å². The van der Waals surface area contributed by atoms with Gasteiger partial charge in [-0.25, -0.2) is 0 Å². The second-order valence-corrected chi connectivity index (χ2v) is 5.30. The number of nitro groups is 1. The van der Waals surface area contributed by atoms with E-state index in [1.54, 1.807) is 12.1 Å². The molecule has 0 saturated heterocycles. The fourth-order valence-electron chi connectivity index (χ4n) is 2.30. The van der Waals surface area contributed by atoms with Gasteiger partial charge in [-0.3, -0.25) is 10.1 Å². The molecule has 0 aliphatic heterocycles. The number of hydrogen-bond donors (Lipinski definition) is 1. The van der Waals surface area contributed by atoms with Crippen molar-refractivity contribution in [3.8, 4) is 0 Å². The summed E-state index contributed by atoms with van der Waals surface area (Å²) in [6, 6.07) is 7.01. The number of hydrogen-bond acceptors (Lipinski definition) is 3. The van der Waals surface area contributed by atoms with Crippen molar-refractivity contribution in [1.82, 2.24) is 9.88 Å². The number of aromatic nitrogens is 1. The van der Waals surface area contributed by atoms with Crippen molar-refractivity contribution in [2.75, 3.05) is 6.54 Å². The molecule has 112 valence electrons. The Kier molecular flexibility index (Phi) is 4.98. The van der Waals surface area contributed by atoms with Gasteiger partial charge in [0.1, 0.15) is 0 Å². The van der Waals surface area contributed by atoms with E-state index in [0.717, 1.165) is 12.1 Å². The smallest absolute Gasteiger partial charge is 0.275 e. The van der Waals surface area contributed by atoms with Crippen LogP contribution in [0.2, 0.25) is 5.02 Å². The van der Waals surface area contributed by atoms with E-state index in [0.29, 0.717) is 17.1 Å². The molecule has 0 fully saturated rings. The van der Waals surface area contributed by atoms with E-state index >= 15 is 0 Å². The molecule has 6 heteroatoms. The van der Waals surface area contributed by atoms with Crippen LogP contribution in [0.1, 0.15) is 31.0 Å². The minimum atomic E-state index is -0.396. The topological polar surface area (TPSA) is 60.1 Å². The molecule has 21 heavy (non-hydrogen) atoms. The third-order valence-electron chi connectivity index (χ3n) is 3.42. The van der Waals surface area contributed by atoms with Crippen LogP contribution in [-0.2, 0) is 6.54 Å². The lowest BCUT2D eigenvalue weighted by molar-refractivity contribution is -0.385. The van der Waals surface area contributed by atoms with Gasteiger partial charge in [-0.15, -0.1) is 0 Å². The van der Waals surface area contributed by atoms with E-state index in [9.17, 15) is 10.1 Å². The third kappa shape index (κ3) is 3.62. The minimum absolute atomic E-state index is 0.0532. The molecule has 1 N–H and O–H groups in total. The van der Waals surface area contributed by atoms with E-state index in [-0.39, 0.29) is 11.7 Å². The largest absolute Gasteiger partial charge is 0.349 e. The number of rotatable bonds is 6. The summed E-state index contributed by atoms with van der Waals surface area (Å²) in [5.41, 5.74) is 1.73. The Morgan fingerprint density at radius 3 is 2.86 bits per heavy atom. The molecule has 1 aromatic heterocycles. The summed E-state index contributed by atoms with van der Waals surface area (Å²) in [5.74, 6) is 0. The number of nitro benzene ring substituents is 1. The van der Waals surface area contributed by atoms with Crippen molar-refractivity contribution in [2.24, 2.45) is 0 Å². The van der Waals surface area contributed by atoms with Gasteiger partial charge >= 0.3 is 0 Å². The molecule has 0 amide bonds. The first-order chi connectivity index (χ1) is 10.0. The molecule has 0 spiro atoms. The molecule has 0 saturated carbocycles. The molecule has 2 rings (SSSR count). The average Bonchev–Trinajstić information content (AvgIpc) is 2.90. The Hall–Kier alpha value is -1.85. The lowest BCUT2D eigenvalue weighted by Crippen LogP contribution is -2.17. The Bertz CT molecular complexity index is 640. The van der Waals surface area contributed by atoms with E-state index in [1.807, 2.05) is 23.0 Å². The first kappa shape index (κ1) is 15.5. The van der Waals surface area contributed by atoms with Gasteiger partial charge in [-0.2, -0.15) is 0 Å². The average molecular weight is 308 g/mol. The lowest BCUT2D eigenvalue weighted by atomic mass is 10.1. The summed E-state index contributed by atoms with van der Waals surface area (Å²) in [6.45, 7) is 5.42. The molecular formula is C15H18ClN3O2. The highest BCUT2D eigenvalue weighted by molar-refractivity contribution is 6.31. The molecule has 1 heterocycles. The second-order valence-electron chi connectivity index (χ2n) is 4.89. The van der Waals surface area contributed by atoms with Gasteiger partial charge in [-0.05, 0) is 31.2 Å². The number of benzene rings is 1. The van der Waals surface area contributed by atoms with Crippen molar-refractivity contribution in [2.45, 2.75) is 26.4 Å². The molecule has 0 bridgehead atoms. The van der Waals surface area contributed by atoms with E-state index < -0.39 is 4.92 Å². The first-order valence-electron chi connectivity index (χ1n) is 6.83. The summed E-state index contributed by atoms with van der Waals surface area (Å²) < 4.78 is 1.91. The lowest BCUT2D eigenvalue weighted by Gasteiger charge is -2.10. The van der Waals surface area contributed by atoms with Crippen molar-refractivity contribution < 1.29 is 4.92 Å². The van der Waals surface area contributed by atoms with Crippen LogP contribution < -0.4 is 5.32 Å². The SMILES string of the molecule is CCNC(C)c1ccn(Cc2c(Cl)cccc2[N+](=O)[O-])c1. The van der Waals surface area contributed by atoms with Crippen LogP contribution in [0.4, 0.5) is 5.69 Å². The van der Waals surface area contributed by atoms with Gasteiger partial charge in [0, 0.05) is 24.5 Å². The van der Waals surface area contributed by atoms with Gasteiger partial charge in [0.15, 0.2) is 0 Å². The fraction of sp³-hybridized carbons (Fsp3) is 0.333. The first-order valence-corrected chi connectivity index (χ1v) is 7.21. The number of halogens is 1. The summed E-state index contributed by atoms with van der Waals surface area (Å²) in [5, 5.41) is 14.8. The van der Waals surface area contributed by atoms with Crippen LogP contribution in [0.3, 0.4) is 0 Å². The van der Waals surface area contributed by atoms with Crippen molar-refractivity contribution in [1.29, 1.82) is 0 Å². The zero-order chi connectivity index (χ0) is 15.4. The Morgan fingerprint density at radius 1 is 1.43 bits per heavy atom. The molecule has 5 nitrogen and oxygen atoms in total. The van der Waals surface area contributed by atoms with Crippen LogP contribution in [0.25, 0.3) is 0 Å². The number of nitrogens with zero attached hydrogens (tertiary/aromatic N) is 2. The Labute approximate surface area is 128 Å². The maximum atomic E-state index is 11.1. The van der Waals surface area contributed by atoms with Crippen LogP contribution in [-0.4, -0.2) is 16.0 Å². The van der Waals surface area contributed by atoms with Crippen LogP contribution in [0.15, 0.2) is 36.7 Å². The van der Waals surface area contributed by atoms with Gasteiger partial charge in [0.05, 0.1) is 22.1 Å². The maximum Gasteiger partial charge on any atom is 0.275 e. The molecule has 0 aliphatic carbocycles. The Morgan fingerprint density at radius 2 is 2.19 bits per heavy atom. The van der Waals surface area contributed by atoms with Gasteiger partial charge in [0.25, 0.3) is 5.69 Å². The predicted molar refractivity (Wildman–Crippen MR) is 83.7 cm³/mol. The van der Waals surface area contributed by atoms with Crippen LogP contribution in [0.5, 0.6) is 0 Å². The van der Waals surface area contributed by atoms with Gasteiger partial charge < -0.3 is 9.88 Å². The van der Waals surface area contributed by atoms with Crippen molar-refractivity contribution >= 4 is 17.3 Å². The standard InChI is InChI=1S/C15H18ClN3O2/c1-3-17-11(2)12-7-8-18(9-12)10-13-14(16)5-4-6-15(13)19(20)21/h4-9,11,17H,3,10H2,1-2H3. The monoisotopic (exact) mass is 307 g/mol. The zero-order valence-corrected chi connectivity index (χ0v) is 12.8. The highest BCUT2D eigenvalue weighted by atomic mass is 35.5. The summed E-state index contributed by atoms with van der Waals surface area (Å²) >= 11 is 6.11. The highest BCUT2D eigenvalue weighted by Crippen LogP contribution is 2.27. The molecule has 2 aromatic rings. The molecule has 1 unspecified atom stereocenters. The van der Waals surface area contributed by atoms with E-state index in [1.165, 1.54) is 6.07 Å². The molecular weight excluding hydrogens is 290 g/mol. The molecule has 0 radical (unpaired) electrons. The highest BCUT2D eigenvalue weighted by Gasteiger charge is 2.17. The molecule has 0 aliphatic rings. The normalized spacial score (nSPS) is 12.3. The quantitative estimate of drug-likeness (QED) is 0.653. The molecule has 1 atom stereocenters. The second kappa shape index (κ2) is 6.74. The zero-order valence-electron chi connectivity index (χ0n) is 12.0. The van der Waals surface area contributed by atoms with E-state index in [2.05, 4.69) is 19.2 Å². The van der Waals surface area contributed by atoms with Gasteiger partial charge in [-0.1, -0.05) is 24.6 Å². The predicted octanol–water partition coefficient (Wildman–Crippen LogP) is 3.77. The Balaban J connectivity index is 2.25. The van der Waals surface area contributed by atoms with Crippen LogP contribution >= 0.6 is 11.6 Å². The van der Waals surface area contributed by atoms with Crippen molar-refractivity contribution in [3.63, 3.8) is 0 Å². The van der Waals surface area contributed by atoms with Gasteiger partial charge in [0.2, 0.25) is 0 Å². The summed E-state index contributed by atoms with van der Waals surface area (Å²) in [7, 11) is 0. The molecule has 1 aromatic carbocycles. The minimum Gasteiger partial charge on any atom is -0.349 e. The summed E-state index contributed by atoms with van der Waals surface area (Å²) in [4.78, 5) is 10.7. The summed E-state index contributed by atoms with van der Waals surface area (Å²) in [6.07, 6.45) is 3.90. The third-order valence-corrected chi connectivity index (χ3v) is 3.77. The maximum absolute atomic E-state index is 11.1. The van der Waals surface area contributed by atoms with Crippen LogP contribution in [0, 0.1) is 10.1 Å². The number of nitrogens with one attached hydrogen (secondary N) is 1. The van der Waals surface area contributed by atoms with Crippen molar-refractivity contribution in [3.05, 3.63) is 62.9 Å². The fourth-order valence-corrected chi connectivity index (χ4v) is 2.52.